The van der Waals surface area contributed by atoms with E-state index in [-0.39, 0.29) is 42.4 Å². The summed E-state index contributed by atoms with van der Waals surface area (Å²) in [6.45, 7) is 5.33. The number of ether oxygens (including phenoxy) is 2. The van der Waals surface area contributed by atoms with Crippen molar-refractivity contribution in [1.82, 2.24) is 9.21 Å². The van der Waals surface area contributed by atoms with Gasteiger partial charge >= 0.3 is 0 Å². The van der Waals surface area contributed by atoms with E-state index in [1.165, 1.54) is 9.87 Å². The standard InChI is InChI=1S/C26H34N2O5S/c1-20-16-28(21(2)19-29)34(30,31)26-13-12-22(11-8-14-32-4)15-24(26)33-25(20)18-27(3)17-23-9-6-5-7-10-23/h5-7,9-10,12-13,15,20-21,25,29H,14,16-19H2,1-4H3/t20-,21-,25+/m1/s1. The highest BCUT2D eigenvalue weighted by molar-refractivity contribution is 7.89. The summed E-state index contributed by atoms with van der Waals surface area (Å²) >= 11 is 0. The number of nitrogens with zero attached hydrogens (tertiary/aromatic N) is 2. The van der Waals surface area contributed by atoms with Crippen molar-refractivity contribution < 1.29 is 23.0 Å². The van der Waals surface area contributed by atoms with Crippen LogP contribution >= 0.6 is 0 Å². The molecule has 2 aromatic carbocycles. The minimum Gasteiger partial charge on any atom is -0.487 e. The molecule has 8 heteroatoms. The fourth-order valence-corrected chi connectivity index (χ4v) is 5.82. The van der Waals surface area contributed by atoms with E-state index in [1.807, 2.05) is 32.2 Å². The second-order valence-corrected chi connectivity index (χ2v) is 10.7. The Morgan fingerprint density at radius 3 is 2.68 bits per heavy atom. The third-order valence-corrected chi connectivity index (χ3v) is 7.92. The molecule has 0 spiro atoms. The van der Waals surface area contributed by atoms with Gasteiger partial charge in [0.05, 0.1) is 6.61 Å². The van der Waals surface area contributed by atoms with Gasteiger partial charge in [-0.05, 0) is 37.7 Å². The maximum absolute atomic E-state index is 13.5. The summed E-state index contributed by atoms with van der Waals surface area (Å²) in [6, 6.07) is 14.5. The third-order valence-electron chi connectivity index (χ3n) is 5.90. The molecule has 184 valence electrons. The molecule has 0 saturated heterocycles. The van der Waals surface area contributed by atoms with Crippen LogP contribution in [0.15, 0.2) is 53.4 Å². The molecule has 1 aliphatic heterocycles. The number of aliphatic hydroxyl groups is 1. The minimum absolute atomic E-state index is 0.0905. The predicted octanol–water partition coefficient (Wildman–Crippen LogP) is 2.59. The van der Waals surface area contributed by atoms with Crippen molar-refractivity contribution in [3.63, 3.8) is 0 Å². The zero-order valence-corrected chi connectivity index (χ0v) is 21.1. The molecule has 34 heavy (non-hydrogen) atoms. The number of rotatable bonds is 7. The average Bonchev–Trinajstić information content (AvgIpc) is 2.81. The first-order valence-electron chi connectivity index (χ1n) is 11.4. The van der Waals surface area contributed by atoms with Gasteiger partial charge in [0, 0.05) is 44.3 Å². The van der Waals surface area contributed by atoms with Gasteiger partial charge in [-0.15, -0.1) is 0 Å². The number of likely N-dealkylation sites (N-methyl/N-ethyl adjacent to an activating group) is 1. The van der Waals surface area contributed by atoms with Crippen LogP contribution in [0.2, 0.25) is 0 Å². The van der Waals surface area contributed by atoms with Crippen molar-refractivity contribution in [1.29, 1.82) is 0 Å². The zero-order chi connectivity index (χ0) is 24.7. The summed E-state index contributed by atoms with van der Waals surface area (Å²) in [5.74, 6) is 6.05. The molecular weight excluding hydrogens is 452 g/mol. The molecule has 1 N–H and O–H groups in total. The second kappa shape index (κ2) is 11.8. The topological polar surface area (TPSA) is 79.3 Å². The number of methoxy groups -OCH3 is 1. The van der Waals surface area contributed by atoms with Crippen LogP contribution in [-0.2, 0) is 21.3 Å². The number of hydrogen-bond acceptors (Lipinski definition) is 6. The summed E-state index contributed by atoms with van der Waals surface area (Å²) < 4.78 is 39.8. The predicted molar refractivity (Wildman–Crippen MR) is 132 cm³/mol. The Bertz CT molecular complexity index is 1110. The van der Waals surface area contributed by atoms with Crippen LogP contribution in [0.4, 0.5) is 0 Å². The summed E-state index contributed by atoms with van der Waals surface area (Å²) in [6.07, 6.45) is -0.265. The largest absolute Gasteiger partial charge is 0.487 e. The molecule has 1 heterocycles. The number of sulfonamides is 1. The van der Waals surface area contributed by atoms with Crippen molar-refractivity contribution in [2.45, 2.75) is 37.4 Å². The van der Waals surface area contributed by atoms with E-state index in [0.29, 0.717) is 12.1 Å². The van der Waals surface area contributed by atoms with E-state index in [9.17, 15) is 13.5 Å². The van der Waals surface area contributed by atoms with Crippen molar-refractivity contribution in [2.24, 2.45) is 5.92 Å². The number of benzene rings is 2. The third kappa shape index (κ3) is 6.38. The lowest BCUT2D eigenvalue weighted by Crippen LogP contribution is -2.49. The van der Waals surface area contributed by atoms with Crippen LogP contribution in [0.5, 0.6) is 5.75 Å². The van der Waals surface area contributed by atoms with Crippen LogP contribution in [0, 0.1) is 17.8 Å². The Morgan fingerprint density at radius 2 is 2.00 bits per heavy atom. The Morgan fingerprint density at radius 1 is 1.26 bits per heavy atom. The van der Waals surface area contributed by atoms with E-state index in [0.717, 1.165) is 6.54 Å². The highest BCUT2D eigenvalue weighted by Crippen LogP contribution is 2.34. The molecule has 0 radical (unpaired) electrons. The van der Waals surface area contributed by atoms with Crippen molar-refractivity contribution in [3.8, 4) is 17.6 Å². The lowest BCUT2D eigenvalue weighted by Gasteiger charge is -2.37. The van der Waals surface area contributed by atoms with Crippen LogP contribution < -0.4 is 4.74 Å². The molecule has 0 aromatic heterocycles. The smallest absolute Gasteiger partial charge is 0.247 e. The highest BCUT2D eigenvalue weighted by Gasteiger charge is 2.38. The number of hydrogen-bond donors (Lipinski definition) is 1. The van der Waals surface area contributed by atoms with Gasteiger partial charge in [-0.3, -0.25) is 4.90 Å². The van der Waals surface area contributed by atoms with Gasteiger partial charge < -0.3 is 14.6 Å². The van der Waals surface area contributed by atoms with E-state index in [2.05, 4.69) is 28.9 Å². The average molecular weight is 487 g/mol. The Balaban J connectivity index is 1.97. The normalized spacial score (nSPS) is 20.9. The Hall–Kier alpha value is -2.41. The van der Waals surface area contributed by atoms with E-state index in [4.69, 9.17) is 9.47 Å². The highest BCUT2D eigenvalue weighted by atomic mass is 32.2. The maximum Gasteiger partial charge on any atom is 0.247 e. The molecule has 0 bridgehead atoms. The summed E-state index contributed by atoms with van der Waals surface area (Å²) in [5, 5.41) is 9.78. The first-order chi connectivity index (χ1) is 16.3. The Labute approximate surface area is 203 Å². The number of fused-ring (bicyclic) bond motifs is 1. The SMILES string of the molecule is COCC#Cc1ccc2c(c1)O[C@@H](CN(C)Cc1ccccc1)[C@H](C)CN([C@H](C)CO)S2(=O)=O. The summed E-state index contributed by atoms with van der Waals surface area (Å²) in [4.78, 5) is 2.27. The van der Waals surface area contributed by atoms with E-state index in [1.54, 1.807) is 32.2 Å². The summed E-state index contributed by atoms with van der Waals surface area (Å²) in [7, 11) is -0.270. The molecule has 3 atom stereocenters. The lowest BCUT2D eigenvalue weighted by molar-refractivity contribution is 0.0733. The fraction of sp³-hybridized carbons (Fsp3) is 0.462. The molecular formula is C26H34N2O5S. The second-order valence-electron chi connectivity index (χ2n) is 8.82. The van der Waals surface area contributed by atoms with Gasteiger partial charge in [-0.1, -0.05) is 49.1 Å². The molecule has 0 fully saturated rings. The van der Waals surface area contributed by atoms with E-state index >= 15 is 0 Å². The van der Waals surface area contributed by atoms with Crippen LogP contribution in [0.25, 0.3) is 0 Å². The quantitative estimate of drug-likeness (QED) is 0.606. The van der Waals surface area contributed by atoms with Crippen molar-refractivity contribution >= 4 is 10.0 Å². The first-order valence-corrected chi connectivity index (χ1v) is 12.8. The van der Waals surface area contributed by atoms with Gasteiger partial charge in [-0.2, -0.15) is 4.31 Å². The van der Waals surface area contributed by atoms with Gasteiger partial charge in [0.2, 0.25) is 10.0 Å². The molecule has 3 rings (SSSR count). The van der Waals surface area contributed by atoms with Gasteiger partial charge in [-0.25, -0.2) is 8.42 Å². The van der Waals surface area contributed by atoms with E-state index < -0.39 is 16.1 Å². The number of aliphatic hydroxyl groups excluding tert-OH is 1. The first kappa shape index (κ1) is 26.2. The van der Waals surface area contributed by atoms with Crippen molar-refractivity contribution in [2.75, 3.05) is 40.5 Å². The lowest BCUT2D eigenvalue weighted by atomic mass is 10.0. The van der Waals surface area contributed by atoms with Gasteiger partial charge in [0.15, 0.2) is 0 Å². The molecule has 0 aliphatic carbocycles. The zero-order valence-electron chi connectivity index (χ0n) is 20.3. The fourth-order valence-electron chi connectivity index (χ4n) is 4.00. The summed E-state index contributed by atoms with van der Waals surface area (Å²) in [5.41, 5.74) is 1.84. The molecule has 7 nitrogen and oxygen atoms in total. The molecule has 1 aliphatic rings. The van der Waals surface area contributed by atoms with Crippen LogP contribution in [0.3, 0.4) is 0 Å². The minimum atomic E-state index is -3.87. The van der Waals surface area contributed by atoms with Crippen molar-refractivity contribution in [3.05, 3.63) is 59.7 Å². The van der Waals surface area contributed by atoms with Crippen LogP contribution in [-0.4, -0.2) is 75.3 Å². The molecule has 2 aromatic rings. The monoisotopic (exact) mass is 486 g/mol. The molecule has 0 amide bonds. The van der Waals surface area contributed by atoms with Gasteiger partial charge in [0.1, 0.15) is 23.4 Å². The Kier molecular flexibility index (Phi) is 9.11. The molecule has 0 saturated carbocycles. The maximum atomic E-state index is 13.5. The molecule has 0 unspecified atom stereocenters. The van der Waals surface area contributed by atoms with Gasteiger partial charge in [0.25, 0.3) is 0 Å². The van der Waals surface area contributed by atoms with Crippen LogP contribution in [0.1, 0.15) is 25.0 Å².